The summed E-state index contributed by atoms with van der Waals surface area (Å²) in [5.74, 6) is 1.05. The van der Waals surface area contributed by atoms with Gasteiger partial charge in [-0.1, -0.05) is 17.7 Å². The summed E-state index contributed by atoms with van der Waals surface area (Å²) in [5, 5.41) is 4.02. The van der Waals surface area contributed by atoms with Gasteiger partial charge in [-0.15, -0.1) is 0 Å². The van der Waals surface area contributed by atoms with E-state index in [2.05, 4.69) is 30.2 Å². The molecule has 148 valence electrons. The van der Waals surface area contributed by atoms with Gasteiger partial charge < -0.3 is 10.3 Å². The summed E-state index contributed by atoms with van der Waals surface area (Å²) < 4.78 is 1.52. The Bertz CT molecular complexity index is 1430. The average molecular weight is 419 g/mol. The minimum Gasteiger partial charge on any atom is -0.358 e. The largest absolute Gasteiger partial charge is 0.358 e. The predicted octanol–water partition coefficient (Wildman–Crippen LogP) is 3.27. The van der Waals surface area contributed by atoms with E-state index in [1.807, 2.05) is 6.92 Å². The number of hydrogen-bond acceptors (Lipinski definition) is 7. The Labute approximate surface area is 174 Å². The molecule has 9 nitrogen and oxygen atoms in total. The molecule has 0 aliphatic rings. The van der Waals surface area contributed by atoms with Crippen molar-refractivity contribution in [2.45, 2.75) is 13.0 Å². The Balaban J connectivity index is 1.71. The molecule has 5 rings (SSSR count). The maximum Gasteiger partial charge on any atom is 0.267 e. The Morgan fingerprint density at radius 3 is 2.90 bits per heavy atom. The molecular formula is C20H15ClN8O. The van der Waals surface area contributed by atoms with Crippen LogP contribution < -0.4 is 10.9 Å². The van der Waals surface area contributed by atoms with Gasteiger partial charge in [-0.25, -0.2) is 19.9 Å². The molecule has 0 unspecified atom stereocenters. The molecule has 4 heterocycles. The van der Waals surface area contributed by atoms with Crippen LogP contribution in [-0.2, 0) is 0 Å². The van der Waals surface area contributed by atoms with Crippen LogP contribution in [0.2, 0.25) is 5.02 Å². The average Bonchev–Trinajstić information content (AvgIpc) is 3.24. The maximum atomic E-state index is 13.4. The highest BCUT2D eigenvalue weighted by molar-refractivity contribution is 6.35. The molecule has 10 heteroatoms. The lowest BCUT2D eigenvalue weighted by Crippen LogP contribution is -2.27. The van der Waals surface area contributed by atoms with Crippen molar-refractivity contribution in [3.05, 3.63) is 76.6 Å². The van der Waals surface area contributed by atoms with Crippen molar-refractivity contribution in [2.24, 2.45) is 0 Å². The maximum absolute atomic E-state index is 13.4. The molecule has 0 saturated heterocycles. The van der Waals surface area contributed by atoms with Crippen molar-refractivity contribution in [1.82, 2.24) is 34.5 Å². The molecule has 0 saturated carbocycles. The van der Waals surface area contributed by atoms with Gasteiger partial charge in [0.25, 0.3) is 5.56 Å². The predicted molar refractivity (Wildman–Crippen MR) is 114 cm³/mol. The molecule has 1 aromatic carbocycles. The zero-order valence-corrected chi connectivity index (χ0v) is 16.5. The van der Waals surface area contributed by atoms with Crippen LogP contribution in [0, 0.1) is 0 Å². The number of H-pyrrole nitrogens is 1. The third-order valence-electron chi connectivity index (χ3n) is 4.74. The summed E-state index contributed by atoms with van der Waals surface area (Å²) in [7, 11) is 0. The molecule has 0 aliphatic heterocycles. The van der Waals surface area contributed by atoms with Crippen LogP contribution in [0.15, 0.2) is 60.2 Å². The monoisotopic (exact) mass is 418 g/mol. The summed E-state index contributed by atoms with van der Waals surface area (Å²) in [6.07, 6.45) is 6.24. The number of anilines is 1. The van der Waals surface area contributed by atoms with Gasteiger partial charge in [0.05, 0.1) is 40.2 Å². The second kappa shape index (κ2) is 7.20. The molecule has 0 spiro atoms. The fraction of sp³-hybridized carbons (Fsp3) is 0.100. The molecule has 1 atom stereocenters. The topological polar surface area (TPSA) is 114 Å². The number of imidazole rings is 1. The summed E-state index contributed by atoms with van der Waals surface area (Å²) in [6, 6.07) is 8.39. The highest BCUT2D eigenvalue weighted by Crippen LogP contribution is 2.25. The van der Waals surface area contributed by atoms with Gasteiger partial charge in [0.15, 0.2) is 11.5 Å². The number of aromatic nitrogens is 7. The molecular weight excluding hydrogens is 404 g/mol. The molecule has 0 amide bonds. The van der Waals surface area contributed by atoms with E-state index in [9.17, 15) is 4.79 Å². The summed E-state index contributed by atoms with van der Waals surface area (Å²) in [5.41, 5.74) is 2.06. The zero-order chi connectivity index (χ0) is 20.7. The number of pyridine rings is 1. The lowest BCUT2D eigenvalue weighted by Gasteiger charge is -2.20. The second-order valence-corrected chi connectivity index (χ2v) is 7.05. The Morgan fingerprint density at radius 1 is 1.17 bits per heavy atom. The van der Waals surface area contributed by atoms with Crippen molar-refractivity contribution in [3.8, 4) is 5.69 Å². The van der Waals surface area contributed by atoms with Crippen LogP contribution in [0.1, 0.15) is 18.8 Å². The number of hydrogen-bond donors (Lipinski definition) is 2. The summed E-state index contributed by atoms with van der Waals surface area (Å²) >= 11 is 6.32. The number of rotatable bonds is 4. The van der Waals surface area contributed by atoms with E-state index in [-0.39, 0.29) is 11.6 Å². The van der Waals surface area contributed by atoms with E-state index >= 15 is 0 Å². The first-order valence-electron chi connectivity index (χ1n) is 9.15. The quantitative estimate of drug-likeness (QED) is 0.460. The number of nitrogens with one attached hydrogen (secondary N) is 2. The Hall–Kier alpha value is -3.85. The molecule has 5 aromatic rings. The normalized spacial score (nSPS) is 12.3. The fourth-order valence-corrected chi connectivity index (χ4v) is 3.63. The lowest BCUT2D eigenvalue weighted by atomic mass is 10.2. The highest BCUT2D eigenvalue weighted by Gasteiger charge is 2.20. The van der Waals surface area contributed by atoms with Gasteiger partial charge in [-0.2, -0.15) is 0 Å². The van der Waals surface area contributed by atoms with Gasteiger partial charge in [-0.3, -0.25) is 14.3 Å². The van der Waals surface area contributed by atoms with Crippen LogP contribution >= 0.6 is 11.6 Å². The van der Waals surface area contributed by atoms with E-state index in [1.165, 1.54) is 10.9 Å². The lowest BCUT2D eigenvalue weighted by molar-refractivity contribution is 0.730. The van der Waals surface area contributed by atoms with Crippen LogP contribution in [0.5, 0.6) is 0 Å². The third kappa shape index (κ3) is 2.96. The van der Waals surface area contributed by atoms with E-state index in [0.717, 1.165) is 0 Å². The van der Waals surface area contributed by atoms with Crippen molar-refractivity contribution in [3.63, 3.8) is 0 Å². The van der Waals surface area contributed by atoms with Crippen molar-refractivity contribution in [1.29, 1.82) is 0 Å². The molecule has 4 aromatic heterocycles. The van der Waals surface area contributed by atoms with Crippen molar-refractivity contribution < 1.29 is 0 Å². The first kappa shape index (κ1) is 18.2. The molecule has 0 aliphatic carbocycles. The van der Waals surface area contributed by atoms with Gasteiger partial charge in [0, 0.05) is 6.20 Å². The van der Waals surface area contributed by atoms with Crippen molar-refractivity contribution in [2.75, 3.05) is 5.32 Å². The Kier molecular flexibility index (Phi) is 4.36. The first-order valence-corrected chi connectivity index (χ1v) is 9.53. The molecule has 0 radical (unpaired) electrons. The van der Waals surface area contributed by atoms with Gasteiger partial charge >= 0.3 is 0 Å². The Morgan fingerprint density at radius 2 is 2.07 bits per heavy atom. The van der Waals surface area contributed by atoms with Gasteiger partial charge in [0.1, 0.15) is 17.7 Å². The highest BCUT2D eigenvalue weighted by atomic mass is 35.5. The second-order valence-electron chi connectivity index (χ2n) is 6.65. The fourth-order valence-electron chi connectivity index (χ4n) is 3.38. The van der Waals surface area contributed by atoms with Crippen LogP contribution in [0.4, 0.5) is 5.82 Å². The summed E-state index contributed by atoms with van der Waals surface area (Å²) in [4.78, 5) is 37.9. The van der Waals surface area contributed by atoms with E-state index < -0.39 is 0 Å². The van der Waals surface area contributed by atoms with E-state index in [0.29, 0.717) is 44.4 Å². The van der Waals surface area contributed by atoms with Crippen LogP contribution in [0.25, 0.3) is 27.8 Å². The van der Waals surface area contributed by atoms with E-state index in [4.69, 9.17) is 16.6 Å². The number of halogens is 1. The van der Waals surface area contributed by atoms with Gasteiger partial charge in [0.2, 0.25) is 0 Å². The minimum atomic E-state index is -0.386. The summed E-state index contributed by atoms with van der Waals surface area (Å²) in [6.45, 7) is 1.90. The number of fused-ring (bicyclic) bond motifs is 2. The smallest absolute Gasteiger partial charge is 0.267 e. The molecule has 0 bridgehead atoms. The van der Waals surface area contributed by atoms with Gasteiger partial charge in [-0.05, 0) is 31.2 Å². The molecule has 2 N–H and O–H groups in total. The van der Waals surface area contributed by atoms with Crippen LogP contribution in [-0.4, -0.2) is 34.5 Å². The van der Waals surface area contributed by atoms with Crippen molar-refractivity contribution >= 4 is 39.5 Å². The van der Waals surface area contributed by atoms with E-state index in [1.54, 1.807) is 49.1 Å². The molecule has 30 heavy (non-hydrogen) atoms. The third-order valence-corrected chi connectivity index (χ3v) is 5.06. The van der Waals surface area contributed by atoms with Crippen LogP contribution in [0.3, 0.4) is 0 Å². The zero-order valence-electron chi connectivity index (χ0n) is 15.7. The first-order chi connectivity index (χ1) is 14.6. The number of benzene rings is 1. The number of aromatic amines is 1. The molecule has 0 fully saturated rings. The standard InChI is InChI=1S/C20H15ClN8O/c1-11(27-18-16-17(24-9-23-16)25-10-26-18)19-28-14-6-2-5-13(21)15(14)20(30)29(19)12-4-3-7-22-8-12/h2-11H,1H3,(H2,23,24,25,26,27)/t11-/m1/s1. The number of nitrogens with zero attached hydrogens (tertiary/aromatic N) is 6. The SMILES string of the molecule is C[C@@H](Nc1ncnc2nc[nH]c12)c1nc2cccc(Cl)c2c(=O)n1-c1cccnc1. The minimum absolute atomic E-state index is 0.267.